The SMILES string of the molecule is C1=CCCC(NC/C=C/C=C/Nc2ccccc2)=C1. The molecule has 0 saturated heterocycles. The molecule has 1 aromatic rings. The number of benzene rings is 1. The van der Waals surface area contributed by atoms with Crippen LogP contribution >= 0.6 is 0 Å². The first-order valence-electron chi connectivity index (χ1n) is 6.68. The van der Waals surface area contributed by atoms with Gasteiger partial charge in [-0.05, 0) is 37.1 Å². The fraction of sp³-hybridized carbons (Fsp3) is 0.176. The van der Waals surface area contributed by atoms with Gasteiger partial charge in [0.25, 0.3) is 0 Å². The number of hydrogen-bond acceptors (Lipinski definition) is 2. The second-order valence-corrected chi connectivity index (χ2v) is 4.34. The van der Waals surface area contributed by atoms with E-state index in [4.69, 9.17) is 0 Å². The molecule has 0 spiro atoms. The molecule has 0 fully saturated rings. The molecule has 0 amide bonds. The van der Waals surface area contributed by atoms with Crippen LogP contribution in [-0.4, -0.2) is 6.54 Å². The third-order valence-corrected chi connectivity index (χ3v) is 2.83. The zero-order valence-corrected chi connectivity index (χ0v) is 11.0. The molecule has 2 rings (SSSR count). The van der Waals surface area contributed by atoms with Crippen LogP contribution in [0, 0.1) is 0 Å². The van der Waals surface area contributed by atoms with E-state index in [-0.39, 0.29) is 0 Å². The zero-order chi connectivity index (χ0) is 13.2. The van der Waals surface area contributed by atoms with E-state index in [1.807, 2.05) is 48.7 Å². The van der Waals surface area contributed by atoms with E-state index in [1.54, 1.807) is 0 Å². The largest absolute Gasteiger partial charge is 0.385 e. The van der Waals surface area contributed by atoms with Crippen molar-refractivity contribution in [2.45, 2.75) is 12.8 Å². The second kappa shape index (κ2) is 7.98. The summed E-state index contributed by atoms with van der Waals surface area (Å²) in [5, 5.41) is 6.61. The number of rotatable bonds is 6. The van der Waals surface area contributed by atoms with E-state index < -0.39 is 0 Å². The van der Waals surface area contributed by atoms with Gasteiger partial charge in [0.1, 0.15) is 0 Å². The van der Waals surface area contributed by atoms with E-state index in [0.29, 0.717) is 0 Å². The molecule has 0 radical (unpaired) electrons. The highest BCUT2D eigenvalue weighted by Crippen LogP contribution is 2.07. The van der Waals surface area contributed by atoms with Gasteiger partial charge in [-0.2, -0.15) is 0 Å². The zero-order valence-electron chi connectivity index (χ0n) is 11.0. The highest BCUT2D eigenvalue weighted by molar-refractivity contribution is 5.45. The Morgan fingerprint density at radius 3 is 2.79 bits per heavy atom. The molecule has 1 aliphatic rings. The molecule has 2 heteroatoms. The van der Waals surface area contributed by atoms with Crippen molar-refractivity contribution in [3.8, 4) is 0 Å². The Morgan fingerprint density at radius 2 is 2.00 bits per heavy atom. The molecule has 1 aromatic carbocycles. The van der Waals surface area contributed by atoms with Gasteiger partial charge in [0, 0.05) is 24.1 Å². The average molecular weight is 252 g/mol. The van der Waals surface area contributed by atoms with Crippen LogP contribution in [0.1, 0.15) is 12.8 Å². The Morgan fingerprint density at radius 1 is 1.11 bits per heavy atom. The normalized spacial score (nSPS) is 14.8. The molecular weight excluding hydrogens is 232 g/mol. The van der Waals surface area contributed by atoms with Gasteiger partial charge in [-0.1, -0.05) is 42.5 Å². The molecule has 19 heavy (non-hydrogen) atoms. The Balaban J connectivity index is 1.63. The molecule has 0 bridgehead atoms. The van der Waals surface area contributed by atoms with E-state index in [1.165, 1.54) is 5.70 Å². The minimum Gasteiger partial charge on any atom is -0.385 e. The maximum absolute atomic E-state index is 3.40. The van der Waals surface area contributed by atoms with Gasteiger partial charge in [-0.25, -0.2) is 0 Å². The van der Waals surface area contributed by atoms with Crippen LogP contribution in [0.2, 0.25) is 0 Å². The summed E-state index contributed by atoms with van der Waals surface area (Å²) in [7, 11) is 0. The molecular formula is C17H20N2. The molecule has 1 aliphatic carbocycles. The lowest BCUT2D eigenvalue weighted by Crippen LogP contribution is -2.13. The third kappa shape index (κ3) is 5.30. The highest BCUT2D eigenvalue weighted by atomic mass is 14.9. The van der Waals surface area contributed by atoms with Crippen LogP contribution in [0.3, 0.4) is 0 Å². The van der Waals surface area contributed by atoms with Crippen LogP contribution < -0.4 is 10.6 Å². The first-order valence-corrected chi connectivity index (χ1v) is 6.68. The Hall–Kier alpha value is -2.22. The summed E-state index contributed by atoms with van der Waals surface area (Å²) in [6, 6.07) is 10.1. The van der Waals surface area contributed by atoms with Gasteiger partial charge in [0.05, 0.1) is 0 Å². The summed E-state index contributed by atoms with van der Waals surface area (Å²) in [4.78, 5) is 0. The van der Waals surface area contributed by atoms with Crippen molar-refractivity contribution in [2.75, 3.05) is 11.9 Å². The van der Waals surface area contributed by atoms with Crippen molar-refractivity contribution in [2.24, 2.45) is 0 Å². The van der Waals surface area contributed by atoms with Crippen molar-refractivity contribution in [1.82, 2.24) is 5.32 Å². The quantitative estimate of drug-likeness (QED) is 0.748. The minimum atomic E-state index is 0.870. The first-order chi connectivity index (χ1) is 9.45. The number of hydrogen-bond donors (Lipinski definition) is 2. The standard InChI is InChI=1S/C17H20N2/c1-4-10-16(11-5-1)18-14-8-3-9-15-19-17-12-6-2-7-13-17/h1-6,8-12,14,18-19H,7,13,15H2/b9-3+,14-8+. The number of allylic oxidation sites excluding steroid dienone is 6. The third-order valence-electron chi connectivity index (χ3n) is 2.83. The summed E-state index contributed by atoms with van der Waals surface area (Å²) in [5.41, 5.74) is 2.42. The van der Waals surface area contributed by atoms with Crippen LogP contribution in [0.5, 0.6) is 0 Å². The fourth-order valence-corrected chi connectivity index (χ4v) is 1.82. The molecule has 0 aromatic heterocycles. The Labute approximate surface area is 115 Å². The Kier molecular flexibility index (Phi) is 5.55. The maximum atomic E-state index is 3.40. The van der Waals surface area contributed by atoms with Gasteiger partial charge < -0.3 is 10.6 Å². The first kappa shape index (κ1) is 13.2. The lowest BCUT2D eigenvalue weighted by atomic mass is 10.1. The van der Waals surface area contributed by atoms with Crippen molar-refractivity contribution < 1.29 is 0 Å². The smallest absolute Gasteiger partial charge is 0.0379 e. The molecule has 0 aliphatic heterocycles. The number of nitrogens with one attached hydrogen (secondary N) is 2. The van der Waals surface area contributed by atoms with Gasteiger partial charge >= 0.3 is 0 Å². The molecule has 0 unspecified atom stereocenters. The van der Waals surface area contributed by atoms with Crippen molar-refractivity contribution >= 4 is 5.69 Å². The summed E-state index contributed by atoms with van der Waals surface area (Å²) >= 11 is 0. The molecule has 0 heterocycles. The maximum Gasteiger partial charge on any atom is 0.0379 e. The van der Waals surface area contributed by atoms with Crippen LogP contribution in [0.4, 0.5) is 5.69 Å². The average Bonchev–Trinajstić information content (AvgIpc) is 2.48. The summed E-state index contributed by atoms with van der Waals surface area (Å²) in [5.74, 6) is 0. The van der Waals surface area contributed by atoms with E-state index in [0.717, 1.165) is 25.1 Å². The summed E-state index contributed by atoms with van der Waals surface area (Å²) < 4.78 is 0. The van der Waals surface area contributed by atoms with Gasteiger partial charge in [0.2, 0.25) is 0 Å². The Bertz CT molecular complexity index is 481. The van der Waals surface area contributed by atoms with Gasteiger partial charge in [-0.15, -0.1) is 0 Å². The van der Waals surface area contributed by atoms with E-state index in [2.05, 4.69) is 34.9 Å². The van der Waals surface area contributed by atoms with Crippen molar-refractivity contribution in [1.29, 1.82) is 0 Å². The molecule has 98 valence electrons. The number of anilines is 1. The van der Waals surface area contributed by atoms with Gasteiger partial charge in [0.15, 0.2) is 0 Å². The van der Waals surface area contributed by atoms with Crippen LogP contribution in [0.25, 0.3) is 0 Å². The minimum absolute atomic E-state index is 0.870. The predicted octanol–water partition coefficient (Wildman–Crippen LogP) is 3.99. The molecule has 0 saturated carbocycles. The summed E-state index contributed by atoms with van der Waals surface area (Å²) in [6.45, 7) is 0.870. The monoisotopic (exact) mass is 252 g/mol. The van der Waals surface area contributed by atoms with Crippen molar-refractivity contribution in [3.05, 3.63) is 78.7 Å². The predicted molar refractivity (Wildman–Crippen MR) is 82.8 cm³/mol. The van der Waals surface area contributed by atoms with Crippen molar-refractivity contribution in [3.63, 3.8) is 0 Å². The number of para-hydroxylation sites is 1. The highest BCUT2D eigenvalue weighted by Gasteiger charge is 1.95. The molecule has 2 N–H and O–H groups in total. The van der Waals surface area contributed by atoms with E-state index >= 15 is 0 Å². The van der Waals surface area contributed by atoms with Crippen LogP contribution in [0.15, 0.2) is 78.7 Å². The van der Waals surface area contributed by atoms with Gasteiger partial charge in [-0.3, -0.25) is 0 Å². The summed E-state index contributed by atoms with van der Waals surface area (Å²) in [6.07, 6.45) is 16.8. The molecule has 0 atom stereocenters. The second-order valence-electron chi connectivity index (χ2n) is 4.34. The lowest BCUT2D eigenvalue weighted by Gasteiger charge is -2.09. The van der Waals surface area contributed by atoms with Crippen LogP contribution in [-0.2, 0) is 0 Å². The molecule has 2 nitrogen and oxygen atoms in total. The topological polar surface area (TPSA) is 24.1 Å². The lowest BCUT2D eigenvalue weighted by molar-refractivity contribution is 0.802. The van der Waals surface area contributed by atoms with E-state index in [9.17, 15) is 0 Å². The fourth-order valence-electron chi connectivity index (χ4n) is 1.82.